The molecule has 1 atom stereocenters. The Hall–Kier alpha value is -2.53. The number of ether oxygens (including phenoxy) is 2. The van der Waals surface area contributed by atoms with Gasteiger partial charge in [-0.1, -0.05) is 12.1 Å². The Kier molecular flexibility index (Phi) is 4.61. The molecule has 0 radical (unpaired) electrons. The number of hydrogen-bond acceptors (Lipinski definition) is 4. The summed E-state index contributed by atoms with van der Waals surface area (Å²) in [7, 11) is 0. The smallest absolute Gasteiger partial charge is 0.248 e. The Labute approximate surface area is 172 Å². The molecule has 2 heterocycles. The van der Waals surface area contributed by atoms with Crippen LogP contribution in [-0.4, -0.2) is 23.7 Å². The van der Waals surface area contributed by atoms with E-state index in [1.54, 1.807) is 12.1 Å². The molecule has 0 aromatic heterocycles. The van der Waals surface area contributed by atoms with Gasteiger partial charge >= 0.3 is 0 Å². The molecule has 2 aromatic carbocycles. The molecule has 0 fully saturated rings. The SMILES string of the molecule is CCOc1cc2c(c3c1OC(C)(C)C3)C(c1ccc(C(N)=O)cc1)NC(C)(C)C2. The molecule has 5 nitrogen and oxygen atoms in total. The van der Waals surface area contributed by atoms with Crippen molar-refractivity contribution < 1.29 is 14.3 Å². The van der Waals surface area contributed by atoms with Crippen LogP contribution in [0.4, 0.5) is 0 Å². The molecule has 2 aliphatic rings. The molecule has 2 aromatic rings. The highest BCUT2D eigenvalue weighted by Crippen LogP contribution is 2.50. The lowest BCUT2D eigenvalue weighted by atomic mass is 9.78. The van der Waals surface area contributed by atoms with E-state index in [2.05, 4.69) is 39.1 Å². The lowest BCUT2D eigenvalue weighted by molar-refractivity contribution is 0.1000. The molecule has 4 rings (SSSR count). The van der Waals surface area contributed by atoms with E-state index in [4.69, 9.17) is 15.2 Å². The third kappa shape index (κ3) is 3.60. The van der Waals surface area contributed by atoms with Gasteiger partial charge < -0.3 is 20.5 Å². The normalized spacial score (nSPS) is 21.1. The fourth-order valence-electron chi connectivity index (χ4n) is 4.64. The van der Waals surface area contributed by atoms with Gasteiger partial charge in [-0.05, 0) is 75.9 Å². The van der Waals surface area contributed by atoms with Gasteiger partial charge in [-0.3, -0.25) is 4.79 Å². The number of carbonyl (C=O) groups excluding carboxylic acids is 1. The molecule has 0 saturated carbocycles. The van der Waals surface area contributed by atoms with Crippen LogP contribution in [0.25, 0.3) is 0 Å². The largest absolute Gasteiger partial charge is 0.490 e. The summed E-state index contributed by atoms with van der Waals surface area (Å²) in [6.45, 7) is 11.3. The molecule has 3 N–H and O–H groups in total. The highest BCUT2D eigenvalue weighted by molar-refractivity contribution is 5.92. The third-order valence-electron chi connectivity index (χ3n) is 5.74. The predicted molar refractivity (Wildman–Crippen MR) is 114 cm³/mol. The Balaban J connectivity index is 1.89. The maximum absolute atomic E-state index is 11.5. The van der Waals surface area contributed by atoms with E-state index in [1.807, 2.05) is 19.1 Å². The molecule has 0 saturated heterocycles. The molecule has 154 valence electrons. The third-order valence-corrected chi connectivity index (χ3v) is 5.74. The zero-order valence-electron chi connectivity index (χ0n) is 17.9. The fourth-order valence-corrected chi connectivity index (χ4v) is 4.64. The first-order valence-electron chi connectivity index (χ1n) is 10.3. The van der Waals surface area contributed by atoms with Crippen LogP contribution in [0, 0.1) is 0 Å². The van der Waals surface area contributed by atoms with Crippen molar-refractivity contribution in [2.24, 2.45) is 5.73 Å². The predicted octanol–water partition coefficient (Wildman–Crippen LogP) is 3.91. The second-order valence-corrected chi connectivity index (χ2v) is 9.35. The average molecular weight is 395 g/mol. The summed E-state index contributed by atoms with van der Waals surface area (Å²) in [5, 5.41) is 3.81. The van der Waals surface area contributed by atoms with Crippen molar-refractivity contribution in [2.75, 3.05) is 6.61 Å². The quantitative estimate of drug-likeness (QED) is 0.825. The van der Waals surface area contributed by atoms with Crippen molar-refractivity contribution in [3.05, 3.63) is 58.1 Å². The van der Waals surface area contributed by atoms with Gasteiger partial charge in [0.25, 0.3) is 0 Å². The summed E-state index contributed by atoms with van der Waals surface area (Å²) < 4.78 is 12.3. The number of nitrogens with two attached hydrogens (primary N) is 1. The fraction of sp³-hybridized carbons (Fsp3) is 0.458. The standard InChI is InChI=1S/C24H30N2O3/c1-6-28-18-11-16-12-23(2,3)26-20(14-7-9-15(10-8-14)22(25)27)19(16)17-13-24(4,5)29-21(17)18/h7-11,20,26H,6,12-13H2,1-5H3,(H2,25,27). The van der Waals surface area contributed by atoms with Gasteiger partial charge in [-0.2, -0.15) is 0 Å². The number of primary amides is 1. The summed E-state index contributed by atoms with van der Waals surface area (Å²) in [5.41, 5.74) is 10.5. The molecule has 0 bridgehead atoms. The van der Waals surface area contributed by atoms with Crippen molar-refractivity contribution >= 4 is 5.91 Å². The van der Waals surface area contributed by atoms with Crippen molar-refractivity contribution in [3.63, 3.8) is 0 Å². The van der Waals surface area contributed by atoms with Gasteiger partial charge in [-0.15, -0.1) is 0 Å². The topological polar surface area (TPSA) is 73.6 Å². The van der Waals surface area contributed by atoms with Crippen LogP contribution in [-0.2, 0) is 12.8 Å². The molecule has 2 aliphatic heterocycles. The van der Waals surface area contributed by atoms with Gasteiger partial charge in [0.2, 0.25) is 5.91 Å². The van der Waals surface area contributed by atoms with Crippen LogP contribution < -0.4 is 20.5 Å². The van der Waals surface area contributed by atoms with E-state index in [9.17, 15) is 4.79 Å². The minimum Gasteiger partial charge on any atom is -0.490 e. The lowest BCUT2D eigenvalue weighted by Crippen LogP contribution is -2.48. The lowest BCUT2D eigenvalue weighted by Gasteiger charge is -2.40. The highest BCUT2D eigenvalue weighted by Gasteiger charge is 2.41. The van der Waals surface area contributed by atoms with E-state index in [0.29, 0.717) is 12.2 Å². The van der Waals surface area contributed by atoms with Gasteiger partial charge in [0.1, 0.15) is 5.60 Å². The summed E-state index contributed by atoms with van der Waals surface area (Å²) in [6, 6.07) is 9.76. The molecule has 1 unspecified atom stereocenters. The zero-order valence-corrected chi connectivity index (χ0v) is 17.9. The van der Waals surface area contributed by atoms with Crippen LogP contribution in [0.15, 0.2) is 30.3 Å². The Bertz CT molecular complexity index is 961. The minimum absolute atomic E-state index is 0.0117. The minimum atomic E-state index is -0.411. The summed E-state index contributed by atoms with van der Waals surface area (Å²) in [4.78, 5) is 11.5. The van der Waals surface area contributed by atoms with Crippen molar-refractivity contribution in [1.82, 2.24) is 5.32 Å². The van der Waals surface area contributed by atoms with Crippen molar-refractivity contribution in [1.29, 1.82) is 0 Å². The number of fused-ring (bicyclic) bond motifs is 3. The second kappa shape index (κ2) is 6.77. The number of hydrogen-bond donors (Lipinski definition) is 2. The number of nitrogens with one attached hydrogen (secondary N) is 1. The molecule has 0 spiro atoms. The van der Waals surface area contributed by atoms with Crippen LogP contribution in [0.2, 0.25) is 0 Å². The molecular formula is C24H30N2O3. The summed E-state index contributed by atoms with van der Waals surface area (Å²) >= 11 is 0. The van der Waals surface area contributed by atoms with Crippen molar-refractivity contribution in [3.8, 4) is 11.5 Å². The Morgan fingerprint density at radius 1 is 1.21 bits per heavy atom. The number of carbonyl (C=O) groups is 1. The maximum Gasteiger partial charge on any atom is 0.248 e. The highest BCUT2D eigenvalue weighted by atomic mass is 16.5. The number of benzene rings is 2. The molecular weight excluding hydrogens is 364 g/mol. The monoisotopic (exact) mass is 394 g/mol. The number of rotatable bonds is 4. The maximum atomic E-state index is 11.5. The molecule has 0 aliphatic carbocycles. The first-order valence-corrected chi connectivity index (χ1v) is 10.3. The van der Waals surface area contributed by atoms with Gasteiger partial charge in [0.15, 0.2) is 11.5 Å². The van der Waals surface area contributed by atoms with E-state index >= 15 is 0 Å². The second-order valence-electron chi connectivity index (χ2n) is 9.35. The van der Waals surface area contributed by atoms with E-state index in [1.165, 1.54) is 16.7 Å². The van der Waals surface area contributed by atoms with Crippen molar-refractivity contribution in [2.45, 2.75) is 64.6 Å². The van der Waals surface area contributed by atoms with E-state index < -0.39 is 5.91 Å². The van der Waals surface area contributed by atoms with Crippen LogP contribution in [0.3, 0.4) is 0 Å². The Morgan fingerprint density at radius 2 is 1.90 bits per heavy atom. The first-order chi connectivity index (χ1) is 13.6. The molecule has 1 amide bonds. The molecule has 29 heavy (non-hydrogen) atoms. The first kappa shape index (κ1) is 19.8. The van der Waals surface area contributed by atoms with Crippen LogP contribution in [0.1, 0.15) is 73.3 Å². The summed E-state index contributed by atoms with van der Waals surface area (Å²) in [6.07, 6.45) is 1.75. The van der Waals surface area contributed by atoms with E-state index in [0.717, 1.165) is 29.9 Å². The van der Waals surface area contributed by atoms with Crippen LogP contribution in [0.5, 0.6) is 11.5 Å². The van der Waals surface area contributed by atoms with E-state index in [-0.39, 0.29) is 17.2 Å². The van der Waals surface area contributed by atoms with Crippen LogP contribution >= 0.6 is 0 Å². The Morgan fingerprint density at radius 3 is 2.52 bits per heavy atom. The van der Waals surface area contributed by atoms with Gasteiger partial charge in [0, 0.05) is 23.1 Å². The van der Waals surface area contributed by atoms with Gasteiger partial charge in [-0.25, -0.2) is 0 Å². The zero-order chi connectivity index (χ0) is 21.0. The van der Waals surface area contributed by atoms with Gasteiger partial charge in [0.05, 0.1) is 12.6 Å². The molecule has 5 heteroatoms. The number of amides is 1. The average Bonchev–Trinajstić information content (AvgIpc) is 2.96. The summed E-state index contributed by atoms with van der Waals surface area (Å²) in [5.74, 6) is 1.30.